The van der Waals surface area contributed by atoms with Gasteiger partial charge in [-0.3, -0.25) is 0 Å². The Kier molecular flexibility index (Phi) is 4.28. The first kappa shape index (κ1) is 12.2. The predicted octanol–water partition coefficient (Wildman–Crippen LogP) is 3.02. The quantitative estimate of drug-likeness (QED) is 0.496. The fourth-order valence-electron chi connectivity index (χ4n) is 0.809. The molecule has 0 heterocycles. The van der Waals surface area contributed by atoms with Crippen LogP contribution in [0.25, 0.3) is 0 Å². The Hall–Kier alpha value is -0.880. The van der Waals surface area contributed by atoms with E-state index in [4.69, 9.17) is 5.11 Å². The molecular weight excluding hydrogens is 229 g/mol. The highest BCUT2D eigenvalue weighted by molar-refractivity contribution is 7.99. The van der Waals surface area contributed by atoms with Crippen LogP contribution in [0.5, 0.6) is 5.75 Å². The van der Waals surface area contributed by atoms with Gasteiger partial charge in [-0.25, -0.2) is 0 Å². The third-order valence-corrected chi connectivity index (χ3v) is 2.30. The van der Waals surface area contributed by atoms with Crippen LogP contribution in [0.4, 0.5) is 13.2 Å². The van der Waals surface area contributed by atoms with E-state index in [-0.39, 0.29) is 11.7 Å². The van der Waals surface area contributed by atoms with Crippen molar-refractivity contribution < 1.29 is 23.0 Å². The fourth-order valence-corrected chi connectivity index (χ4v) is 1.44. The van der Waals surface area contributed by atoms with Crippen LogP contribution in [-0.4, -0.2) is 23.8 Å². The summed E-state index contributed by atoms with van der Waals surface area (Å²) >= 11 is 1.14. The van der Waals surface area contributed by atoms with Crippen LogP contribution in [0.1, 0.15) is 0 Å². The van der Waals surface area contributed by atoms with Crippen molar-refractivity contribution in [3.8, 4) is 5.75 Å². The van der Waals surface area contributed by atoms with E-state index < -0.39 is 12.8 Å². The molecule has 15 heavy (non-hydrogen) atoms. The summed E-state index contributed by atoms with van der Waals surface area (Å²) in [4.78, 5) is 0.745. The van der Waals surface area contributed by atoms with Crippen molar-refractivity contribution in [2.75, 3.05) is 12.5 Å². The van der Waals surface area contributed by atoms with Gasteiger partial charge in [-0.15, -0.1) is 0 Å². The van der Waals surface area contributed by atoms with Crippen molar-refractivity contribution in [3.05, 3.63) is 24.3 Å². The van der Waals surface area contributed by atoms with Gasteiger partial charge in [0.2, 0.25) is 0 Å². The Balaban J connectivity index is 2.23. The molecule has 1 aromatic rings. The number of phenols is 1. The maximum Gasteiger partial charge on any atom is 0.411 e. The standard InChI is InChI=1S/C9H9F3O2S/c10-9(11,12)5-14-6-15-8-3-1-7(13)2-4-8/h1-4,13H,5-6H2. The van der Waals surface area contributed by atoms with Crippen LogP contribution < -0.4 is 0 Å². The van der Waals surface area contributed by atoms with E-state index >= 15 is 0 Å². The van der Waals surface area contributed by atoms with Crippen molar-refractivity contribution in [2.45, 2.75) is 11.1 Å². The van der Waals surface area contributed by atoms with E-state index in [1.807, 2.05) is 0 Å². The molecule has 0 fully saturated rings. The van der Waals surface area contributed by atoms with Crippen LogP contribution in [0, 0.1) is 0 Å². The smallest absolute Gasteiger partial charge is 0.411 e. The monoisotopic (exact) mass is 238 g/mol. The molecule has 1 N–H and O–H groups in total. The van der Waals surface area contributed by atoms with Crippen molar-refractivity contribution >= 4 is 11.8 Å². The van der Waals surface area contributed by atoms with Gasteiger partial charge < -0.3 is 9.84 Å². The second-order valence-electron chi connectivity index (χ2n) is 2.72. The molecule has 1 rings (SSSR count). The van der Waals surface area contributed by atoms with E-state index in [1.165, 1.54) is 12.1 Å². The summed E-state index contributed by atoms with van der Waals surface area (Å²) in [5.41, 5.74) is 0. The molecule has 0 radical (unpaired) electrons. The molecule has 0 aliphatic heterocycles. The zero-order valence-electron chi connectivity index (χ0n) is 7.62. The SMILES string of the molecule is Oc1ccc(SCOCC(F)(F)F)cc1. The number of aromatic hydroxyl groups is 1. The molecule has 2 nitrogen and oxygen atoms in total. The number of ether oxygens (including phenoxy) is 1. The largest absolute Gasteiger partial charge is 0.508 e. The molecule has 6 heteroatoms. The number of alkyl halides is 3. The summed E-state index contributed by atoms with van der Waals surface area (Å²) in [5.74, 6) is 0.0557. The molecule has 0 atom stereocenters. The van der Waals surface area contributed by atoms with E-state index in [2.05, 4.69) is 4.74 Å². The maximum absolute atomic E-state index is 11.7. The van der Waals surface area contributed by atoms with Gasteiger partial charge in [0, 0.05) is 4.90 Å². The van der Waals surface area contributed by atoms with E-state index in [0.717, 1.165) is 16.7 Å². The predicted molar refractivity (Wildman–Crippen MR) is 50.8 cm³/mol. The third kappa shape index (κ3) is 5.54. The molecule has 84 valence electrons. The van der Waals surface area contributed by atoms with Crippen LogP contribution in [-0.2, 0) is 4.74 Å². The normalized spacial score (nSPS) is 11.7. The van der Waals surface area contributed by atoms with Crippen molar-refractivity contribution in [3.63, 3.8) is 0 Å². The lowest BCUT2D eigenvalue weighted by molar-refractivity contribution is -0.168. The highest BCUT2D eigenvalue weighted by Crippen LogP contribution is 2.22. The van der Waals surface area contributed by atoms with Gasteiger partial charge in [-0.1, -0.05) is 11.8 Å². The number of rotatable bonds is 4. The second kappa shape index (κ2) is 5.27. The van der Waals surface area contributed by atoms with E-state index in [1.54, 1.807) is 12.1 Å². The molecule has 1 aromatic carbocycles. The minimum atomic E-state index is -4.28. The number of hydrogen-bond donors (Lipinski definition) is 1. The van der Waals surface area contributed by atoms with Gasteiger partial charge >= 0.3 is 6.18 Å². The fraction of sp³-hybridized carbons (Fsp3) is 0.333. The average Bonchev–Trinajstić information content (AvgIpc) is 2.14. The first-order chi connectivity index (χ1) is 6.97. The second-order valence-corrected chi connectivity index (χ2v) is 3.72. The summed E-state index contributed by atoms with van der Waals surface area (Å²) in [5, 5.41) is 8.95. The number of hydrogen-bond acceptors (Lipinski definition) is 3. The molecule has 0 spiro atoms. The van der Waals surface area contributed by atoms with Crippen LogP contribution in [0.15, 0.2) is 29.2 Å². The average molecular weight is 238 g/mol. The summed E-state index contributed by atoms with van der Waals surface area (Å²) in [7, 11) is 0. The van der Waals surface area contributed by atoms with Crippen molar-refractivity contribution in [1.29, 1.82) is 0 Å². The summed E-state index contributed by atoms with van der Waals surface area (Å²) in [6.07, 6.45) is -4.28. The summed E-state index contributed by atoms with van der Waals surface area (Å²) in [6.45, 7) is -1.24. The van der Waals surface area contributed by atoms with Gasteiger partial charge in [0.05, 0.1) is 5.94 Å². The van der Waals surface area contributed by atoms with Gasteiger partial charge in [0.1, 0.15) is 12.4 Å². The van der Waals surface area contributed by atoms with Gasteiger partial charge in [0.15, 0.2) is 0 Å². The summed E-state index contributed by atoms with van der Waals surface area (Å²) in [6, 6.07) is 6.14. The third-order valence-electron chi connectivity index (χ3n) is 1.41. The number of phenolic OH excluding ortho intramolecular Hbond substituents is 1. The van der Waals surface area contributed by atoms with E-state index in [9.17, 15) is 13.2 Å². The lowest BCUT2D eigenvalue weighted by Gasteiger charge is -2.07. The molecule has 0 aliphatic carbocycles. The minimum absolute atomic E-state index is 0.0652. The Morgan fingerprint density at radius 1 is 1.20 bits per heavy atom. The number of halogens is 3. The minimum Gasteiger partial charge on any atom is -0.508 e. The molecule has 0 saturated heterocycles. The zero-order valence-corrected chi connectivity index (χ0v) is 8.44. The number of thioether (sulfide) groups is 1. The Morgan fingerprint density at radius 2 is 1.80 bits per heavy atom. The van der Waals surface area contributed by atoms with Crippen LogP contribution in [0.3, 0.4) is 0 Å². The van der Waals surface area contributed by atoms with Gasteiger partial charge in [-0.2, -0.15) is 13.2 Å². The summed E-state index contributed by atoms with van der Waals surface area (Å²) < 4.78 is 39.4. The van der Waals surface area contributed by atoms with Crippen molar-refractivity contribution in [2.24, 2.45) is 0 Å². The molecule has 0 amide bonds. The molecule has 0 aliphatic rings. The lowest BCUT2D eigenvalue weighted by atomic mass is 10.3. The topological polar surface area (TPSA) is 29.5 Å². The van der Waals surface area contributed by atoms with Crippen LogP contribution >= 0.6 is 11.8 Å². The molecule has 0 aromatic heterocycles. The Labute approximate surface area is 89.1 Å². The number of benzene rings is 1. The first-order valence-corrected chi connectivity index (χ1v) is 5.02. The van der Waals surface area contributed by atoms with E-state index in [0.29, 0.717) is 0 Å². The van der Waals surface area contributed by atoms with Gasteiger partial charge in [-0.05, 0) is 24.3 Å². The van der Waals surface area contributed by atoms with Crippen molar-refractivity contribution in [1.82, 2.24) is 0 Å². The molecule has 0 unspecified atom stereocenters. The molecule has 0 bridgehead atoms. The first-order valence-electron chi connectivity index (χ1n) is 4.04. The Bertz CT molecular complexity index is 297. The molecular formula is C9H9F3O2S. The highest BCUT2D eigenvalue weighted by atomic mass is 32.2. The highest BCUT2D eigenvalue weighted by Gasteiger charge is 2.27. The lowest BCUT2D eigenvalue weighted by Crippen LogP contribution is -2.16. The van der Waals surface area contributed by atoms with Crippen LogP contribution in [0.2, 0.25) is 0 Å². The van der Waals surface area contributed by atoms with Gasteiger partial charge in [0.25, 0.3) is 0 Å². The Morgan fingerprint density at radius 3 is 2.33 bits per heavy atom. The zero-order chi connectivity index (χ0) is 11.3. The molecule has 0 saturated carbocycles. The maximum atomic E-state index is 11.7.